The van der Waals surface area contributed by atoms with Crippen LogP contribution in [0.25, 0.3) is 0 Å². The fourth-order valence-corrected chi connectivity index (χ4v) is 1.64. The van der Waals surface area contributed by atoms with Gasteiger partial charge in [-0.15, -0.1) is 0 Å². The van der Waals surface area contributed by atoms with E-state index in [9.17, 15) is 28.1 Å². The van der Waals surface area contributed by atoms with Gasteiger partial charge in [-0.05, 0) is 12.1 Å². The summed E-state index contributed by atoms with van der Waals surface area (Å²) in [4.78, 5) is 22.2. The molecule has 9 heteroatoms. The predicted molar refractivity (Wildman–Crippen MR) is 60.2 cm³/mol. The van der Waals surface area contributed by atoms with Gasteiger partial charge in [0.25, 0.3) is 5.69 Å². The van der Waals surface area contributed by atoms with E-state index in [1.54, 1.807) is 0 Å². The number of rotatable bonds is 2. The van der Waals surface area contributed by atoms with Crippen LogP contribution in [-0.4, -0.2) is 35.2 Å². The first kappa shape index (κ1) is 14.1. The van der Waals surface area contributed by atoms with E-state index < -0.39 is 36.2 Å². The van der Waals surface area contributed by atoms with Crippen LogP contribution in [0.4, 0.5) is 23.7 Å². The van der Waals surface area contributed by atoms with Crippen molar-refractivity contribution in [1.29, 1.82) is 0 Å². The van der Waals surface area contributed by atoms with E-state index in [1.165, 1.54) is 12.1 Å². The SMILES string of the molecule is O=C(Oc1ccc([N+](=O)[O-])cc1)N1CC(C(F)(F)F)C1. The van der Waals surface area contributed by atoms with Crippen molar-refractivity contribution < 1.29 is 27.6 Å². The molecule has 6 nitrogen and oxygen atoms in total. The predicted octanol–water partition coefficient (Wildman–Crippen LogP) is 2.59. The third-order valence-corrected chi connectivity index (χ3v) is 2.86. The summed E-state index contributed by atoms with van der Waals surface area (Å²) in [5.74, 6) is -1.48. The van der Waals surface area contributed by atoms with Crippen LogP contribution >= 0.6 is 0 Å². The number of carbonyl (C=O) groups excluding carboxylic acids is 1. The van der Waals surface area contributed by atoms with Gasteiger partial charge in [-0.3, -0.25) is 10.1 Å². The Bertz CT molecular complexity index is 523. The zero-order chi connectivity index (χ0) is 14.9. The van der Waals surface area contributed by atoms with E-state index in [4.69, 9.17) is 4.74 Å². The third-order valence-electron chi connectivity index (χ3n) is 2.86. The van der Waals surface area contributed by atoms with Crippen molar-refractivity contribution in [3.63, 3.8) is 0 Å². The van der Waals surface area contributed by atoms with E-state index in [1.807, 2.05) is 0 Å². The molecular formula is C11H9F3N2O4. The summed E-state index contributed by atoms with van der Waals surface area (Å²) in [5, 5.41) is 10.4. The topological polar surface area (TPSA) is 72.7 Å². The molecule has 0 bridgehead atoms. The van der Waals surface area contributed by atoms with Crippen LogP contribution in [0.1, 0.15) is 0 Å². The smallest absolute Gasteiger partial charge is 0.410 e. The molecule has 20 heavy (non-hydrogen) atoms. The maximum atomic E-state index is 12.2. The summed E-state index contributed by atoms with van der Waals surface area (Å²) in [7, 11) is 0. The Morgan fingerprint density at radius 2 is 1.85 bits per heavy atom. The zero-order valence-corrected chi connectivity index (χ0v) is 9.96. The number of nitrogens with zero attached hydrogens (tertiary/aromatic N) is 2. The van der Waals surface area contributed by atoms with Crippen LogP contribution < -0.4 is 4.74 Å². The number of non-ortho nitro benzene ring substituents is 1. The van der Waals surface area contributed by atoms with Gasteiger partial charge in [-0.2, -0.15) is 13.2 Å². The van der Waals surface area contributed by atoms with Crippen LogP contribution in [0.3, 0.4) is 0 Å². The van der Waals surface area contributed by atoms with Gasteiger partial charge in [-0.1, -0.05) is 0 Å². The lowest BCUT2D eigenvalue weighted by atomic mass is 10.0. The lowest BCUT2D eigenvalue weighted by molar-refractivity contribution is -0.384. The lowest BCUT2D eigenvalue weighted by Gasteiger charge is -2.38. The number of nitro groups is 1. The largest absolute Gasteiger partial charge is 0.415 e. The molecule has 0 saturated carbocycles. The molecule has 0 aliphatic carbocycles. The number of likely N-dealkylation sites (tertiary alicyclic amines) is 1. The molecule has 0 unspecified atom stereocenters. The minimum absolute atomic E-state index is 0.0380. The summed E-state index contributed by atoms with van der Waals surface area (Å²) in [6.07, 6.45) is -5.22. The second kappa shape index (κ2) is 4.99. The highest BCUT2D eigenvalue weighted by molar-refractivity contribution is 5.71. The van der Waals surface area contributed by atoms with Crippen molar-refractivity contribution >= 4 is 11.8 Å². The molecule has 0 N–H and O–H groups in total. The monoisotopic (exact) mass is 290 g/mol. The van der Waals surface area contributed by atoms with Gasteiger partial charge in [0.2, 0.25) is 0 Å². The van der Waals surface area contributed by atoms with Crippen molar-refractivity contribution in [2.24, 2.45) is 5.92 Å². The minimum Gasteiger partial charge on any atom is -0.410 e. The van der Waals surface area contributed by atoms with Crippen LogP contribution in [0.15, 0.2) is 24.3 Å². The van der Waals surface area contributed by atoms with Gasteiger partial charge < -0.3 is 9.64 Å². The Morgan fingerprint density at radius 3 is 2.30 bits per heavy atom. The maximum absolute atomic E-state index is 12.2. The highest BCUT2D eigenvalue weighted by Gasteiger charge is 2.49. The summed E-state index contributed by atoms with van der Waals surface area (Å²) in [6, 6.07) is 4.68. The number of alkyl halides is 3. The number of amides is 1. The Morgan fingerprint density at radius 1 is 1.30 bits per heavy atom. The average molecular weight is 290 g/mol. The van der Waals surface area contributed by atoms with E-state index in [0.717, 1.165) is 17.0 Å². The molecule has 1 aliphatic heterocycles. The molecular weight excluding hydrogens is 281 g/mol. The van der Waals surface area contributed by atoms with Gasteiger partial charge >= 0.3 is 12.3 Å². The number of halogens is 3. The Labute approximate surface area is 110 Å². The van der Waals surface area contributed by atoms with Crippen LogP contribution in [0.5, 0.6) is 5.75 Å². The lowest BCUT2D eigenvalue weighted by Crippen LogP contribution is -2.56. The van der Waals surface area contributed by atoms with Gasteiger partial charge in [0.15, 0.2) is 0 Å². The Balaban J connectivity index is 1.88. The number of nitro benzene ring substituents is 1. The molecule has 1 fully saturated rings. The molecule has 108 valence electrons. The van der Waals surface area contributed by atoms with Gasteiger partial charge in [0.05, 0.1) is 10.8 Å². The Hall–Kier alpha value is -2.32. The van der Waals surface area contributed by atoms with Crippen LogP contribution in [0, 0.1) is 16.0 Å². The van der Waals surface area contributed by atoms with E-state index in [-0.39, 0.29) is 11.4 Å². The first-order valence-electron chi connectivity index (χ1n) is 5.55. The minimum atomic E-state index is -4.32. The summed E-state index contributed by atoms with van der Waals surface area (Å²) >= 11 is 0. The number of hydrogen-bond acceptors (Lipinski definition) is 4. The van der Waals surface area contributed by atoms with Gasteiger partial charge in [0.1, 0.15) is 5.75 Å². The second-order valence-electron chi connectivity index (χ2n) is 4.26. The maximum Gasteiger partial charge on any atom is 0.415 e. The number of benzene rings is 1. The van der Waals surface area contributed by atoms with Crippen molar-refractivity contribution in [3.05, 3.63) is 34.4 Å². The van der Waals surface area contributed by atoms with Crippen molar-refractivity contribution in [1.82, 2.24) is 4.90 Å². The van der Waals surface area contributed by atoms with Crippen molar-refractivity contribution in [2.45, 2.75) is 6.18 Å². The number of ether oxygens (including phenoxy) is 1. The zero-order valence-electron chi connectivity index (χ0n) is 9.96. The molecule has 1 aromatic rings. The number of carbonyl (C=O) groups is 1. The standard InChI is InChI=1S/C11H9F3N2O4/c12-11(13,14)7-5-15(6-7)10(17)20-9-3-1-8(2-4-9)16(18)19/h1-4,7H,5-6H2. The van der Waals surface area contributed by atoms with E-state index in [0.29, 0.717) is 0 Å². The molecule has 1 heterocycles. The quantitative estimate of drug-likeness (QED) is 0.620. The summed E-state index contributed by atoms with van der Waals surface area (Å²) in [5.41, 5.74) is -0.175. The Kier molecular flexibility index (Phi) is 3.51. The number of hydrogen-bond donors (Lipinski definition) is 0. The molecule has 1 aliphatic rings. The average Bonchev–Trinajstić information content (AvgIpc) is 2.25. The molecule has 0 radical (unpaired) electrons. The third kappa shape index (κ3) is 2.98. The highest BCUT2D eigenvalue weighted by Crippen LogP contribution is 2.33. The fraction of sp³-hybridized carbons (Fsp3) is 0.364. The molecule has 0 atom stereocenters. The summed E-state index contributed by atoms with van der Waals surface area (Å²) < 4.78 is 41.5. The normalized spacial score (nSPS) is 15.7. The molecule has 2 rings (SSSR count). The molecule has 1 amide bonds. The first-order chi connectivity index (χ1) is 9.27. The second-order valence-corrected chi connectivity index (χ2v) is 4.26. The van der Waals surface area contributed by atoms with Crippen molar-refractivity contribution in [2.75, 3.05) is 13.1 Å². The molecule has 0 spiro atoms. The van der Waals surface area contributed by atoms with Crippen LogP contribution in [0.2, 0.25) is 0 Å². The summed E-state index contributed by atoms with van der Waals surface area (Å²) in [6.45, 7) is -0.870. The van der Waals surface area contributed by atoms with Crippen molar-refractivity contribution in [3.8, 4) is 5.75 Å². The van der Waals surface area contributed by atoms with Gasteiger partial charge in [0, 0.05) is 25.2 Å². The van der Waals surface area contributed by atoms with Crippen LogP contribution in [-0.2, 0) is 0 Å². The van der Waals surface area contributed by atoms with E-state index >= 15 is 0 Å². The van der Waals surface area contributed by atoms with Gasteiger partial charge in [-0.25, -0.2) is 4.79 Å². The highest BCUT2D eigenvalue weighted by atomic mass is 19.4. The van der Waals surface area contributed by atoms with E-state index in [2.05, 4.69) is 0 Å². The molecule has 1 saturated heterocycles. The molecule has 1 aromatic carbocycles. The molecule has 0 aromatic heterocycles. The fourth-order valence-electron chi connectivity index (χ4n) is 1.64. The first-order valence-corrected chi connectivity index (χ1v) is 5.55.